The second-order valence-corrected chi connectivity index (χ2v) is 5.50. The van der Waals surface area contributed by atoms with Crippen LogP contribution in [0.1, 0.15) is 31.2 Å². The predicted octanol–water partition coefficient (Wildman–Crippen LogP) is 3.04. The Morgan fingerprint density at radius 2 is 1.84 bits per heavy atom. The van der Waals surface area contributed by atoms with Gasteiger partial charge in [0.25, 0.3) is 0 Å². The molecule has 2 N–H and O–H groups in total. The number of methoxy groups -OCH3 is 1. The van der Waals surface area contributed by atoms with Gasteiger partial charge in [-0.25, -0.2) is 0 Å². The van der Waals surface area contributed by atoms with Gasteiger partial charge in [0.2, 0.25) is 0 Å². The molecule has 0 aliphatic heterocycles. The number of rotatable bonds is 6. The van der Waals surface area contributed by atoms with E-state index in [1.807, 2.05) is 0 Å². The molecule has 2 rings (SSSR count). The minimum atomic E-state index is 0.332. The van der Waals surface area contributed by atoms with Crippen LogP contribution in [-0.4, -0.2) is 25.4 Å². The molecule has 3 nitrogen and oxygen atoms in total. The maximum atomic E-state index is 9.41. The maximum Gasteiger partial charge on any atom is 0.0713 e. The first kappa shape index (κ1) is 14.4. The van der Waals surface area contributed by atoms with E-state index in [2.05, 4.69) is 29.6 Å². The molecule has 1 aromatic rings. The molecular formula is C16H25NO2. The van der Waals surface area contributed by atoms with E-state index in [0.29, 0.717) is 25.0 Å². The second-order valence-electron chi connectivity index (χ2n) is 5.50. The first-order valence-electron chi connectivity index (χ1n) is 7.26. The van der Waals surface area contributed by atoms with Crippen molar-refractivity contribution in [1.29, 1.82) is 0 Å². The van der Waals surface area contributed by atoms with Crippen molar-refractivity contribution < 1.29 is 9.84 Å². The van der Waals surface area contributed by atoms with Crippen molar-refractivity contribution in [3.05, 3.63) is 29.8 Å². The Hall–Kier alpha value is -1.06. The smallest absolute Gasteiger partial charge is 0.0713 e. The molecule has 0 spiro atoms. The summed E-state index contributed by atoms with van der Waals surface area (Å²) in [5.41, 5.74) is 2.35. The van der Waals surface area contributed by atoms with Crippen molar-refractivity contribution >= 4 is 5.69 Å². The Morgan fingerprint density at radius 3 is 2.47 bits per heavy atom. The number of anilines is 1. The van der Waals surface area contributed by atoms with Gasteiger partial charge in [0, 0.05) is 25.9 Å². The van der Waals surface area contributed by atoms with Gasteiger partial charge in [-0.05, 0) is 42.4 Å². The highest BCUT2D eigenvalue weighted by atomic mass is 16.5. The van der Waals surface area contributed by atoms with E-state index in [4.69, 9.17) is 4.74 Å². The fourth-order valence-electron chi connectivity index (χ4n) is 2.93. The standard InChI is InChI=1S/C16H25NO2/c1-19-12-13-6-8-16(9-7-13)17-10-14-4-2-3-5-15(14)11-18/h6-9,14-15,17-18H,2-5,10-12H2,1H3. The minimum absolute atomic E-state index is 0.332. The van der Waals surface area contributed by atoms with Crippen LogP contribution in [0.4, 0.5) is 5.69 Å². The lowest BCUT2D eigenvalue weighted by Crippen LogP contribution is -2.28. The highest BCUT2D eigenvalue weighted by Gasteiger charge is 2.23. The maximum absolute atomic E-state index is 9.41. The van der Waals surface area contributed by atoms with Gasteiger partial charge in [0.05, 0.1) is 6.61 Å². The summed E-state index contributed by atoms with van der Waals surface area (Å²) in [4.78, 5) is 0. The number of aliphatic hydroxyl groups is 1. The molecule has 0 amide bonds. The van der Waals surface area contributed by atoms with Crippen molar-refractivity contribution in [3.8, 4) is 0 Å². The molecule has 1 fully saturated rings. The number of benzene rings is 1. The van der Waals surface area contributed by atoms with Crippen molar-refractivity contribution in [1.82, 2.24) is 0 Å². The molecular weight excluding hydrogens is 238 g/mol. The van der Waals surface area contributed by atoms with Crippen LogP contribution >= 0.6 is 0 Å². The summed E-state index contributed by atoms with van der Waals surface area (Å²) in [6.45, 7) is 1.96. The van der Waals surface area contributed by atoms with E-state index >= 15 is 0 Å². The zero-order valence-electron chi connectivity index (χ0n) is 11.8. The van der Waals surface area contributed by atoms with E-state index in [-0.39, 0.29) is 0 Å². The molecule has 0 aromatic heterocycles. The zero-order valence-corrected chi connectivity index (χ0v) is 11.8. The Bertz CT molecular complexity index is 364. The normalized spacial score (nSPS) is 23.3. The van der Waals surface area contributed by atoms with Gasteiger partial charge in [0.15, 0.2) is 0 Å². The van der Waals surface area contributed by atoms with Crippen LogP contribution in [0.25, 0.3) is 0 Å². The molecule has 1 aliphatic rings. The lowest BCUT2D eigenvalue weighted by Gasteiger charge is -2.30. The van der Waals surface area contributed by atoms with Crippen LogP contribution in [0, 0.1) is 11.8 Å². The Kier molecular flexibility index (Phi) is 5.67. The van der Waals surface area contributed by atoms with Gasteiger partial charge >= 0.3 is 0 Å². The van der Waals surface area contributed by atoms with Gasteiger partial charge < -0.3 is 15.2 Å². The predicted molar refractivity (Wildman–Crippen MR) is 78.2 cm³/mol. The van der Waals surface area contributed by atoms with E-state index < -0.39 is 0 Å². The van der Waals surface area contributed by atoms with Crippen molar-refractivity contribution in [2.24, 2.45) is 11.8 Å². The summed E-state index contributed by atoms with van der Waals surface area (Å²) in [6.07, 6.45) is 4.98. The molecule has 0 radical (unpaired) electrons. The van der Waals surface area contributed by atoms with Crippen LogP contribution < -0.4 is 5.32 Å². The third-order valence-corrected chi connectivity index (χ3v) is 4.13. The first-order chi connectivity index (χ1) is 9.33. The molecule has 0 bridgehead atoms. The van der Waals surface area contributed by atoms with Crippen LogP contribution in [0.5, 0.6) is 0 Å². The molecule has 106 valence electrons. The molecule has 1 saturated carbocycles. The fourth-order valence-corrected chi connectivity index (χ4v) is 2.93. The van der Waals surface area contributed by atoms with Crippen LogP contribution in [-0.2, 0) is 11.3 Å². The highest BCUT2D eigenvalue weighted by Crippen LogP contribution is 2.29. The molecule has 1 aromatic carbocycles. The Morgan fingerprint density at radius 1 is 1.16 bits per heavy atom. The van der Waals surface area contributed by atoms with Crippen LogP contribution in [0.15, 0.2) is 24.3 Å². The number of hydrogen-bond donors (Lipinski definition) is 2. The quantitative estimate of drug-likeness (QED) is 0.829. The second kappa shape index (κ2) is 7.51. The summed E-state index contributed by atoms with van der Waals surface area (Å²) in [5.74, 6) is 1.09. The monoisotopic (exact) mass is 263 g/mol. The molecule has 2 unspecified atom stereocenters. The van der Waals surface area contributed by atoms with Gasteiger partial charge in [-0.1, -0.05) is 25.0 Å². The third-order valence-electron chi connectivity index (χ3n) is 4.13. The molecule has 2 atom stereocenters. The van der Waals surface area contributed by atoms with Crippen LogP contribution in [0.2, 0.25) is 0 Å². The van der Waals surface area contributed by atoms with Gasteiger partial charge in [-0.15, -0.1) is 0 Å². The number of ether oxygens (including phenoxy) is 1. The summed E-state index contributed by atoms with van der Waals surface area (Å²) < 4.78 is 5.10. The van der Waals surface area contributed by atoms with E-state index in [0.717, 1.165) is 12.2 Å². The first-order valence-corrected chi connectivity index (χ1v) is 7.26. The lowest BCUT2D eigenvalue weighted by atomic mass is 9.79. The average Bonchev–Trinajstić information content (AvgIpc) is 2.47. The van der Waals surface area contributed by atoms with Crippen molar-refractivity contribution in [3.63, 3.8) is 0 Å². The van der Waals surface area contributed by atoms with Gasteiger partial charge in [0.1, 0.15) is 0 Å². The van der Waals surface area contributed by atoms with Gasteiger partial charge in [-0.3, -0.25) is 0 Å². The van der Waals surface area contributed by atoms with Crippen molar-refractivity contribution in [2.75, 3.05) is 25.6 Å². The lowest BCUT2D eigenvalue weighted by molar-refractivity contribution is 0.141. The summed E-state index contributed by atoms with van der Waals surface area (Å²) in [7, 11) is 1.71. The topological polar surface area (TPSA) is 41.5 Å². The molecule has 3 heteroatoms. The Labute approximate surface area is 116 Å². The average molecular weight is 263 g/mol. The van der Waals surface area contributed by atoms with E-state index in [1.54, 1.807) is 7.11 Å². The minimum Gasteiger partial charge on any atom is -0.396 e. The largest absolute Gasteiger partial charge is 0.396 e. The third kappa shape index (κ3) is 4.22. The molecule has 0 heterocycles. The number of nitrogens with one attached hydrogen (secondary N) is 1. The van der Waals surface area contributed by atoms with E-state index in [9.17, 15) is 5.11 Å². The molecule has 19 heavy (non-hydrogen) atoms. The zero-order chi connectivity index (χ0) is 13.5. The molecule has 0 saturated heterocycles. The van der Waals surface area contributed by atoms with Crippen molar-refractivity contribution in [2.45, 2.75) is 32.3 Å². The fraction of sp³-hybridized carbons (Fsp3) is 0.625. The highest BCUT2D eigenvalue weighted by molar-refractivity contribution is 5.44. The summed E-state index contributed by atoms with van der Waals surface area (Å²) in [6, 6.07) is 8.39. The summed E-state index contributed by atoms with van der Waals surface area (Å²) in [5, 5.41) is 12.9. The number of hydrogen-bond acceptors (Lipinski definition) is 3. The van der Waals surface area contributed by atoms with Gasteiger partial charge in [-0.2, -0.15) is 0 Å². The Balaban J connectivity index is 1.83. The van der Waals surface area contributed by atoms with Crippen LogP contribution in [0.3, 0.4) is 0 Å². The van der Waals surface area contributed by atoms with E-state index in [1.165, 1.54) is 31.2 Å². The SMILES string of the molecule is COCc1ccc(NCC2CCCCC2CO)cc1. The summed E-state index contributed by atoms with van der Waals surface area (Å²) >= 11 is 0. The molecule has 1 aliphatic carbocycles. The number of aliphatic hydroxyl groups excluding tert-OH is 1.